The Morgan fingerprint density at radius 1 is 0.882 bits per heavy atom. The molecule has 0 saturated carbocycles. The van der Waals surface area contributed by atoms with Crippen molar-refractivity contribution in [2.45, 2.75) is 20.8 Å². The summed E-state index contributed by atoms with van der Waals surface area (Å²) >= 11 is 5.14. The van der Waals surface area contributed by atoms with E-state index in [1.165, 1.54) is 0 Å². The lowest BCUT2D eigenvalue weighted by molar-refractivity contribution is -0.120. The lowest BCUT2D eigenvalue weighted by atomic mass is 10.1. The van der Waals surface area contributed by atoms with Gasteiger partial charge >= 0.3 is 0 Å². The van der Waals surface area contributed by atoms with Crippen LogP contribution in [0.2, 0.25) is 0 Å². The highest BCUT2D eigenvalue weighted by atomic mass is 32.1. The van der Waals surface area contributed by atoms with Gasteiger partial charge in [0.1, 0.15) is 5.75 Å². The van der Waals surface area contributed by atoms with Gasteiger partial charge in [0.05, 0.1) is 33.5 Å². The van der Waals surface area contributed by atoms with Gasteiger partial charge in [-0.2, -0.15) is 0 Å². The summed E-state index contributed by atoms with van der Waals surface area (Å²) in [5.74, 6) is 0.959. The first-order chi connectivity index (χ1) is 16.4. The number of hydrogen-bond donors (Lipinski definition) is 4. The number of carbonyl (C=O) groups excluding carboxylic acids is 2. The Labute approximate surface area is 204 Å². The number of nitrogens with one attached hydrogen (secondary N) is 4. The van der Waals surface area contributed by atoms with Gasteiger partial charge in [-0.15, -0.1) is 0 Å². The maximum atomic E-state index is 12.7. The highest BCUT2D eigenvalue weighted by Crippen LogP contribution is 2.39. The van der Waals surface area contributed by atoms with Crippen molar-refractivity contribution in [2.75, 3.05) is 38.8 Å². The average Bonchev–Trinajstić information content (AvgIpc) is 2.83. The fourth-order valence-corrected chi connectivity index (χ4v) is 2.96. The Kier molecular flexibility index (Phi) is 10.7. The van der Waals surface area contributed by atoms with Crippen molar-refractivity contribution < 1.29 is 28.5 Å². The number of carbonyl (C=O) groups is 2. The first kappa shape index (κ1) is 26.5. The molecular formula is C23H30N4O6S. The first-order valence-electron chi connectivity index (χ1n) is 10.8. The molecule has 2 aromatic carbocycles. The predicted molar refractivity (Wildman–Crippen MR) is 133 cm³/mol. The van der Waals surface area contributed by atoms with Gasteiger partial charge in [0, 0.05) is 11.3 Å². The van der Waals surface area contributed by atoms with E-state index in [9.17, 15) is 9.59 Å². The van der Waals surface area contributed by atoms with E-state index in [0.29, 0.717) is 48.5 Å². The van der Waals surface area contributed by atoms with Gasteiger partial charge in [0.2, 0.25) is 5.75 Å². The summed E-state index contributed by atoms with van der Waals surface area (Å²) in [5.41, 5.74) is 5.98. The third kappa shape index (κ3) is 8.00. The lowest BCUT2D eigenvalue weighted by Gasteiger charge is -2.17. The molecule has 0 aromatic heterocycles. The molecule has 0 aliphatic heterocycles. The van der Waals surface area contributed by atoms with E-state index in [-0.39, 0.29) is 17.2 Å². The Hall–Kier alpha value is -3.73. The molecule has 0 unspecified atom stereocenters. The van der Waals surface area contributed by atoms with E-state index < -0.39 is 11.8 Å². The predicted octanol–water partition coefficient (Wildman–Crippen LogP) is 2.64. The lowest BCUT2D eigenvalue weighted by Crippen LogP contribution is -2.47. The SMILES string of the molecule is CCOc1cc(C(=O)NCC(=O)NNC(=S)Nc2ccc(OC)cc2)cc(OCC)c1OCC. The minimum absolute atomic E-state index is 0.180. The maximum Gasteiger partial charge on any atom is 0.257 e. The van der Waals surface area contributed by atoms with Gasteiger partial charge in [-0.05, 0) is 69.4 Å². The molecule has 0 radical (unpaired) electrons. The quantitative estimate of drug-likeness (QED) is 0.278. The van der Waals surface area contributed by atoms with Crippen LogP contribution in [0.3, 0.4) is 0 Å². The normalized spacial score (nSPS) is 10.0. The second-order valence-corrected chi connectivity index (χ2v) is 7.05. The highest BCUT2D eigenvalue weighted by Gasteiger charge is 2.18. The molecule has 184 valence electrons. The zero-order chi connectivity index (χ0) is 24.9. The number of methoxy groups -OCH3 is 1. The second kappa shape index (κ2) is 13.7. The molecule has 0 spiro atoms. The number of ether oxygens (including phenoxy) is 4. The molecule has 0 aliphatic carbocycles. The summed E-state index contributed by atoms with van der Waals surface area (Å²) in [4.78, 5) is 24.8. The molecule has 0 saturated heterocycles. The Bertz CT molecular complexity index is 957. The van der Waals surface area contributed by atoms with Crippen LogP contribution in [0.4, 0.5) is 5.69 Å². The van der Waals surface area contributed by atoms with E-state index in [1.54, 1.807) is 43.5 Å². The Morgan fingerprint density at radius 3 is 2.00 bits per heavy atom. The van der Waals surface area contributed by atoms with Crippen molar-refractivity contribution in [3.05, 3.63) is 42.0 Å². The molecule has 0 heterocycles. The number of amides is 2. The fraction of sp³-hybridized carbons (Fsp3) is 0.348. The number of rotatable bonds is 11. The summed E-state index contributed by atoms with van der Waals surface area (Å²) < 4.78 is 22.0. The van der Waals surface area contributed by atoms with E-state index in [1.807, 2.05) is 20.8 Å². The molecule has 0 bridgehead atoms. The van der Waals surface area contributed by atoms with E-state index in [0.717, 1.165) is 0 Å². The fourth-order valence-electron chi connectivity index (χ4n) is 2.79. The number of hydrogen-bond acceptors (Lipinski definition) is 7. The van der Waals surface area contributed by atoms with Crippen LogP contribution < -0.4 is 40.4 Å². The van der Waals surface area contributed by atoms with Gasteiger partial charge in [-0.25, -0.2) is 0 Å². The van der Waals surface area contributed by atoms with Crippen molar-refractivity contribution in [3.8, 4) is 23.0 Å². The molecule has 2 aromatic rings. The van der Waals surface area contributed by atoms with Gasteiger partial charge in [-0.3, -0.25) is 20.4 Å². The first-order valence-corrected chi connectivity index (χ1v) is 11.2. The van der Waals surface area contributed by atoms with E-state index in [2.05, 4.69) is 21.5 Å². The smallest absolute Gasteiger partial charge is 0.257 e. The summed E-state index contributed by atoms with van der Waals surface area (Å²) in [6.07, 6.45) is 0. The van der Waals surface area contributed by atoms with Crippen LogP contribution in [0.15, 0.2) is 36.4 Å². The minimum Gasteiger partial charge on any atom is -0.497 e. The standard InChI is InChI=1S/C23H30N4O6S/c1-5-31-18-12-15(13-19(32-6-2)21(18)33-7-3)22(29)24-14-20(28)26-27-23(34)25-16-8-10-17(30-4)11-9-16/h8-13H,5-7,14H2,1-4H3,(H,24,29)(H,26,28)(H2,25,27,34). The largest absolute Gasteiger partial charge is 0.497 e. The topological polar surface area (TPSA) is 119 Å². The summed E-state index contributed by atoms with van der Waals surface area (Å²) in [7, 11) is 1.58. The van der Waals surface area contributed by atoms with Crippen LogP contribution in [0.25, 0.3) is 0 Å². The molecule has 0 aliphatic rings. The van der Waals surface area contributed by atoms with Crippen LogP contribution >= 0.6 is 12.2 Å². The Balaban J connectivity index is 1.92. The van der Waals surface area contributed by atoms with Crippen LogP contribution in [0.5, 0.6) is 23.0 Å². The molecule has 2 rings (SSSR count). The number of hydrazine groups is 1. The van der Waals surface area contributed by atoms with Crippen molar-refractivity contribution in [2.24, 2.45) is 0 Å². The highest BCUT2D eigenvalue weighted by molar-refractivity contribution is 7.80. The summed E-state index contributed by atoms with van der Waals surface area (Å²) in [5, 5.41) is 5.65. The molecule has 10 nitrogen and oxygen atoms in total. The number of thiocarbonyl (C=S) groups is 1. The minimum atomic E-state index is -0.492. The van der Waals surface area contributed by atoms with E-state index in [4.69, 9.17) is 31.2 Å². The number of anilines is 1. The van der Waals surface area contributed by atoms with Crippen molar-refractivity contribution in [3.63, 3.8) is 0 Å². The van der Waals surface area contributed by atoms with E-state index >= 15 is 0 Å². The molecule has 0 fully saturated rings. The van der Waals surface area contributed by atoms with Gasteiger partial charge < -0.3 is 29.6 Å². The van der Waals surface area contributed by atoms with Crippen LogP contribution in [-0.2, 0) is 4.79 Å². The molecule has 2 amide bonds. The number of benzene rings is 2. The van der Waals surface area contributed by atoms with Crippen molar-refractivity contribution in [1.82, 2.24) is 16.2 Å². The molecular weight excluding hydrogens is 460 g/mol. The van der Waals surface area contributed by atoms with Crippen molar-refractivity contribution in [1.29, 1.82) is 0 Å². The molecule has 34 heavy (non-hydrogen) atoms. The molecule has 4 N–H and O–H groups in total. The Morgan fingerprint density at radius 2 is 1.47 bits per heavy atom. The third-order valence-corrected chi connectivity index (χ3v) is 4.45. The summed E-state index contributed by atoms with van der Waals surface area (Å²) in [6, 6.07) is 10.2. The zero-order valence-electron chi connectivity index (χ0n) is 19.7. The monoisotopic (exact) mass is 490 g/mol. The van der Waals surface area contributed by atoms with Crippen molar-refractivity contribution >= 4 is 34.8 Å². The second-order valence-electron chi connectivity index (χ2n) is 6.64. The van der Waals surface area contributed by atoms with Gasteiger partial charge in [-0.1, -0.05) is 0 Å². The van der Waals surface area contributed by atoms with Crippen LogP contribution in [0, 0.1) is 0 Å². The molecule has 0 atom stereocenters. The average molecular weight is 491 g/mol. The van der Waals surface area contributed by atoms with Crippen LogP contribution in [0.1, 0.15) is 31.1 Å². The maximum absolute atomic E-state index is 12.7. The third-order valence-electron chi connectivity index (χ3n) is 4.24. The zero-order valence-corrected chi connectivity index (χ0v) is 20.5. The summed E-state index contributed by atoms with van der Waals surface area (Å²) in [6.45, 7) is 6.40. The van der Waals surface area contributed by atoms with Gasteiger partial charge in [0.25, 0.3) is 11.8 Å². The molecule has 11 heteroatoms. The van der Waals surface area contributed by atoms with Gasteiger partial charge in [0.15, 0.2) is 16.6 Å². The van der Waals surface area contributed by atoms with Crippen LogP contribution in [-0.4, -0.2) is 50.4 Å².